The molecular weight excluding hydrogens is 294 g/mol. The van der Waals surface area contributed by atoms with Crippen molar-refractivity contribution in [1.29, 1.82) is 0 Å². The fourth-order valence-corrected chi connectivity index (χ4v) is 3.88. The van der Waals surface area contributed by atoms with E-state index in [1.807, 2.05) is 9.96 Å². The summed E-state index contributed by atoms with van der Waals surface area (Å²) in [5, 5.41) is 1.89. The van der Waals surface area contributed by atoms with E-state index in [1.165, 1.54) is 19.3 Å². The van der Waals surface area contributed by atoms with Crippen molar-refractivity contribution in [2.75, 3.05) is 39.3 Å². The number of rotatable bonds is 4. The van der Waals surface area contributed by atoms with Gasteiger partial charge in [0.2, 0.25) is 11.8 Å². The fraction of sp³-hybridized carbons (Fsp3) is 0.882. The van der Waals surface area contributed by atoms with E-state index in [2.05, 4.69) is 0 Å². The predicted molar refractivity (Wildman–Crippen MR) is 86.5 cm³/mol. The number of carbonyl (C=O) groups is 2. The van der Waals surface area contributed by atoms with Gasteiger partial charge in [0.1, 0.15) is 0 Å². The molecule has 1 aliphatic carbocycles. The van der Waals surface area contributed by atoms with Crippen molar-refractivity contribution < 1.29 is 14.4 Å². The summed E-state index contributed by atoms with van der Waals surface area (Å²) in [4.78, 5) is 34.0. The molecule has 23 heavy (non-hydrogen) atoms. The Morgan fingerprint density at radius 3 is 2.57 bits per heavy atom. The number of piperazine rings is 1. The van der Waals surface area contributed by atoms with Crippen LogP contribution in [0.15, 0.2) is 0 Å². The van der Waals surface area contributed by atoms with Crippen molar-refractivity contribution in [3.63, 3.8) is 0 Å². The molecule has 6 nitrogen and oxygen atoms in total. The molecule has 0 bridgehead atoms. The highest BCUT2D eigenvalue weighted by molar-refractivity contribution is 5.86. The van der Waals surface area contributed by atoms with Crippen molar-refractivity contribution in [2.24, 2.45) is 0 Å². The molecule has 0 spiro atoms. The summed E-state index contributed by atoms with van der Waals surface area (Å²) in [7, 11) is 0. The Labute approximate surface area is 138 Å². The van der Waals surface area contributed by atoms with Crippen LogP contribution < -0.4 is 0 Å². The summed E-state index contributed by atoms with van der Waals surface area (Å²) in [6.07, 6.45) is 8.69. The minimum Gasteiger partial charge on any atom is -0.336 e. The fourth-order valence-electron chi connectivity index (χ4n) is 3.88. The molecule has 0 radical (unpaired) electrons. The van der Waals surface area contributed by atoms with Crippen LogP contribution in [-0.2, 0) is 14.4 Å². The first-order chi connectivity index (χ1) is 11.2. The molecule has 130 valence electrons. The van der Waals surface area contributed by atoms with Crippen LogP contribution in [0, 0.1) is 0 Å². The third-order valence-corrected chi connectivity index (χ3v) is 5.28. The lowest BCUT2D eigenvalue weighted by Crippen LogP contribution is -2.56. The van der Waals surface area contributed by atoms with Crippen LogP contribution in [0.5, 0.6) is 0 Å². The molecule has 1 saturated carbocycles. The maximum absolute atomic E-state index is 12.4. The number of hydrogen-bond acceptors (Lipinski definition) is 4. The number of hydroxylamine groups is 2. The first-order valence-corrected chi connectivity index (χ1v) is 9.19. The molecule has 2 saturated heterocycles. The monoisotopic (exact) mass is 323 g/mol. The van der Waals surface area contributed by atoms with Gasteiger partial charge >= 0.3 is 0 Å². The van der Waals surface area contributed by atoms with E-state index in [1.54, 1.807) is 4.90 Å². The van der Waals surface area contributed by atoms with Crippen molar-refractivity contribution >= 4 is 11.8 Å². The molecule has 2 heterocycles. The molecule has 0 atom stereocenters. The SMILES string of the molecule is O=C(CCN1CCCCO1)N1CCN(C2CCCCC2)C(=O)C1. The van der Waals surface area contributed by atoms with Gasteiger partial charge in [-0.1, -0.05) is 19.3 Å². The highest BCUT2D eigenvalue weighted by atomic mass is 16.7. The first kappa shape index (κ1) is 16.7. The summed E-state index contributed by atoms with van der Waals surface area (Å²) < 4.78 is 0. The number of carbonyl (C=O) groups excluding carboxylic acids is 2. The lowest BCUT2D eigenvalue weighted by atomic mass is 9.93. The van der Waals surface area contributed by atoms with Crippen molar-refractivity contribution in [2.45, 2.75) is 57.4 Å². The summed E-state index contributed by atoms with van der Waals surface area (Å²) in [6, 6.07) is 0.412. The van der Waals surface area contributed by atoms with E-state index in [0.29, 0.717) is 32.1 Å². The van der Waals surface area contributed by atoms with Gasteiger partial charge in [-0.2, -0.15) is 5.06 Å². The van der Waals surface area contributed by atoms with Crippen molar-refractivity contribution in [3.8, 4) is 0 Å². The topological polar surface area (TPSA) is 53.1 Å². The van der Waals surface area contributed by atoms with Crippen LogP contribution in [0.25, 0.3) is 0 Å². The molecule has 0 aromatic rings. The molecule has 3 rings (SSSR count). The zero-order valence-electron chi connectivity index (χ0n) is 14.0. The standard InChI is InChI=1S/C17H29N3O3/c21-16(8-10-19-9-4-5-13-23-19)18-11-12-20(17(22)14-18)15-6-2-1-3-7-15/h15H,1-14H2. The zero-order chi connectivity index (χ0) is 16.1. The average Bonchev–Trinajstić information content (AvgIpc) is 2.61. The second-order valence-corrected chi connectivity index (χ2v) is 6.91. The lowest BCUT2D eigenvalue weighted by molar-refractivity contribution is -0.183. The number of nitrogens with zero attached hydrogens (tertiary/aromatic N) is 3. The molecule has 2 aliphatic heterocycles. The van der Waals surface area contributed by atoms with Gasteiger partial charge < -0.3 is 9.80 Å². The Bertz CT molecular complexity index is 417. The van der Waals surface area contributed by atoms with E-state index < -0.39 is 0 Å². The van der Waals surface area contributed by atoms with Crippen LogP contribution in [0.3, 0.4) is 0 Å². The smallest absolute Gasteiger partial charge is 0.242 e. The van der Waals surface area contributed by atoms with Crippen LogP contribution in [0.4, 0.5) is 0 Å². The van der Waals surface area contributed by atoms with Gasteiger partial charge in [0.25, 0.3) is 0 Å². The molecule has 0 N–H and O–H groups in total. The van der Waals surface area contributed by atoms with Crippen LogP contribution in [0.1, 0.15) is 51.4 Å². The Kier molecular flexibility index (Phi) is 5.89. The van der Waals surface area contributed by atoms with Gasteiger partial charge in [0, 0.05) is 38.6 Å². The van der Waals surface area contributed by atoms with Crippen LogP contribution in [0.2, 0.25) is 0 Å². The van der Waals surface area contributed by atoms with E-state index >= 15 is 0 Å². The van der Waals surface area contributed by atoms with Gasteiger partial charge in [-0.25, -0.2) is 0 Å². The normalized spacial score (nSPS) is 25.0. The molecule has 3 aliphatic rings. The summed E-state index contributed by atoms with van der Waals surface area (Å²) in [6.45, 7) is 3.94. The third kappa shape index (κ3) is 4.44. The molecule has 3 fully saturated rings. The van der Waals surface area contributed by atoms with Gasteiger partial charge in [-0.3, -0.25) is 14.4 Å². The van der Waals surface area contributed by atoms with Crippen molar-refractivity contribution in [1.82, 2.24) is 14.9 Å². The second kappa shape index (κ2) is 8.11. The summed E-state index contributed by atoms with van der Waals surface area (Å²) >= 11 is 0. The van der Waals surface area contributed by atoms with E-state index in [0.717, 1.165) is 38.8 Å². The van der Waals surface area contributed by atoms with Crippen LogP contribution in [-0.4, -0.2) is 72.0 Å². The predicted octanol–water partition coefficient (Wildman–Crippen LogP) is 1.41. The largest absolute Gasteiger partial charge is 0.336 e. The third-order valence-electron chi connectivity index (χ3n) is 5.28. The minimum absolute atomic E-state index is 0.0795. The molecule has 0 unspecified atom stereocenters. The van der Waals surface area contributed by atoms with Crippen molar-refractivity contribution in [3.05, 3.63) is 0 Å². The van der Waals surface area contributed by atoms with Crippen LogP contribution >= 0.6 is 0 Å². The maximum Gasteiger partial charge on any atom is 0.242 e. The molecule has 0 aromatic carbocycles. The average molecular weight is 323 g/mol. The first-order valence-electron chi connectivity index (χ1n) is 9.19. The van der Waals surface area contributed by atoms with E-state index in [-0.39, 0.29) is 18.4 Å². The van der Waals surface area contributed by atoms with E-state index in [4.69, 9.17) is 4.84 Å². The number of hydrogen-bond donors (Lipinski definition) is 0. The highest BCUT2D eigenvalue weighted by Gasteiger charge is 2.32. The lowest BCUT2D eigenvalue weighted by Gasteiger charge is -2.40. The quantitative estimate of drug-likeness (QED) is 0.785. The Morgan fingerprint density at radius 2 is 1.87 bits per heavy atom. The summed E-state index contributed by atoms with van der Waals surface area (Å²) in [5.41, 5.74) is 0. The minimum atomic E-state index is 0.0795. The molecule has 6 heteroatoms. The summed E-state index contributed by atoms with van der Waals surface area (Å²) in [5.74, 6) is 0.210. The molecule has 2 amide bonds. The molecule has 0 aromatic heterocycles. The number of amides is 2. The van der Waals surface area contributed by atoms with Gasteiger partial charge in [-0.15, -0.1) is 0 Å². The second-order valence-electron chi connectivity index (χ2n) is 6.91. The Hall–Kier alpha value is -1.14. The van der Waals surface area contributed by atoms with Gasteiger partial charge in [-0.05, 0) is 25.7 Å². The van der Waals surface area contributed by atoms with E-state index in [9.17, 15) is 9.59 Å². The highest BCUT2D eigenvalue weighted by Crippen LogP contribution is 2.24. The zero-order valence-corrected chi connectivity index (χ0v) is 14.0. The Balaban J connectivity index is 1.43. The van der Waals surface area contributed by atoms with Gasteiger partial charge in [0.05, 0.1) is 13.2 Å². The molecular formula is C17H29N3O3. The maximum atomic E-state index is 12.4. The Morgan fingerprint density at radius 1 is 1.04 bits per heavy atom. The van der Waals surface area contributed by atoms with Gasteiger partial charge in [0.15, 0.2) is 0 Å².